The summed E-state index contributed by atoms with van der Waals surface area (Å²) in [4.78, 5) is 12.3. The second kappa shape index (κ2) is 6.89. The first kappa shape index (κ1) is 15.0. The van der Waals surface area contributed by atoms with Crippen LogP contribution in [0.3, 0.4) is 0 Å². The van der Waals surface area contributed by atoms with Gasteiger partial charge in [0.1, 0.15) is 0 Å². The van der Waals surface area contributed by atoms with Crippen molar-refractivity contribution in [3.05, 3.63) is 35.4 Å². The maximum atomic E-state index is 12.3. The molecule has 1 aromatic rings. The molecule has 0 bridgehead atoms. The minimum atomic E-state index is -0.0263. The molecule has 0 saturated carbocycles. The van der Waals surface area contributed by atoms with Gasteiger partial charge in [-0.1, -0.05) is 43.2 Å². The van der Waals surface area contributed by atoms with Crippen LogP contribution in [0.15, 0.2) is 24.3 Å². The van der Waals surface area contributed by atoms with Crippen molar-refractivity contribution in [2.75, 3.05) is 6.54 Å². The van der Waals surface area contributed by atoms with Crippen molar-refractivity contribution in [2.24, 2.45) is 5.92 Å². The Hall–Kier alpha value is -1.35. The number of hydrogen-bond acceptors (Lipinski definition) is 2. The van der Waals surface area contributed by atoms with Gasteiger partial charge in [-0.3, -0.25) is 4.79 Å². The summed E-state index contributed by atoms with van der Waals surface area (Å²) in [5.41, 5.74) is 2.40. The average Bonchev–Trinajstić information content (AvgIpc) is 2.47. The minimum absolute atomic E-state index is 0.0263. The van der Waals surface area contributed by atoms with Gasteiger partial charge in [0.05, 0.1) is 12.1 Å². The molecule has 0 spiro atoms. The van der Waals surface area contributed by atoms with Crippen LogP contribution in [0.4, 0.5) is 0 Å². The van der Waals surface area contributed by atoms with Crippen LogP contribution in [-0.4, -0.2) is 18.5 Å². The Morgan fingerprint density at radius 1 is 1.40 bits per heavy atom. The van der Waals surface area contributed by atoms with Crippen molar-refractivity contribution in [1.82, 2.24) is 10.6 Å². The van der Waals surface area contributed by atoms with E-state index in [0.29, 0.717) is 5.92 Å². The van der Waals surface area contributed by atoms with Crippen LogP contribution in [0.25, 0.3) is 0 Å². The Labute approximate surface area is 122 Å². The zero-order valence-electron chi connectivity index (χ0n) is 12.8. The Morgan fingerprint density at radius 3 is 2.75 bits per heavy atom. The fourth-order valence-electron chi connectivity index (χ4n) is 2.82. The minimum Gasteiger partial charge on any atom is -0.348 e. The molecule has 20 heavy (non-hydrogen) atoms. The van der Waals surface area contributed by atoms with E-state index in [9.17, 15) is 4.79 Å². The van der Waals surface area contributed by atoms with Crippen LogP contribution >= 0.6 is 0 Å². The number of amides is 1. The van der Waals surface area contributed by atoms with E-state index >= 15 is 0 Å². The number of hydrogen-bond donors (Lipinski definition) is 2. The third-order valence-corrected chi connectivity index (χ3v) is 4.34. The van der Waals surface area contributed by atoms with Crippen LogP contribution in [0, 0.1) is 12.8 Å². The number of carbonyl (C=O) groups is 1. The summed E-state index contributed by atoms with van der Waals surface area (Å²) >= 11 is 0. The molecule has 0 aliphatic carbocycles. The van der Waals surface area contributed by atoms with E-state index in [1.54, 1.807) is 0 Å². The van der Waals surface area contributed by atoms with Crippen molar-refractivity contribution < 1.29 is 4.79 Å². The number of carbonyl (C=O) groups excluding carboxylic acids is 1. The highest BCUT2D eigenvalue weighted by Crippen LogP contribution is 2.20. The van der Waals surface area contributed by atoms with E-state index in [0.717, 1.165) is 18.5 Å². The number of piperidine rings is 1. The van der Waals surface area contributed by atoms with Crippen molar-refractivity contribution in [2.45, 2.75) is 52.1 Å². The van der Waals surface area contributed by atoms with Gasteiger partial charge >= 0.3 is 0 Å². The van der Waals surface area contributed by atoms with Gasteiger partial charge in [-0.25, -0.2) is 0 Å². The standard InChI is InChI=1S/C17H26N2O/c1-4-14-9-10-18-16(11-14)17(20)19-13(3)15-7-5-12(2)6-8-15/h5-8,13-14,16,18H,4,9-11H2,1-3H3,(H,19,20). The molecule has 3 atom stereocenters. The molecule has 1 aliphatic heterocycles. The third kappa shape index (κ3) is 3.83. The Bertz CT molecular complexity index is 441. The van der Waals surface area contributed by atoms with Gasteiger partial charge in [-0.2, -0.15) is 0 Å². The summed E-state index contributed by atoms with van der Waals surface area (Å²) in [7, 11) is 0. The van der Waals surface area contributed by atoms with E-state index in [-0.39, 0.29) is 18.0 Å². The maximum absolute atomic E-state index is 12.3. The smallest absolute Gasteiger partial charge is 0.237 e. The molecule has 3 heteroatoms. The van der Waals surface area contributed by atoms with E-state index < -0.39 is 0 Å². The van der Waals surface area contributed by atoms with Gasteiger partial charge < -0.3 is 10.6 Å². The SMILES string of the molecule is CCC1CCNC(C(=O)NC(C)c2ccc(C)cc2)C1. The van der Waals surface area contributed by atoms with Gasteiger partial charge in [0, 0.05) is 0 Å². The zero-order valence-corrected chi connectivity index (χ0v) is 12.8. The molecular weight excluding hydrogens is 248 g/mol. The lowest BCUT2D eigenvalue weighted by molar-refractivity contribution is -0.124. The topological polar surface area (TPSA) is 41.1 Å². The van der Waals surface area contributed by atoms with Crippen LogP contribution < -0.4 is 10.6 Å². The fourth-order valence-corrected chi connectivity index (χ4v) is 2.82. The fraction of sp³-hybridized carbons (Fsp3) is 0.588. The van der Waals surface area contributed by atoms with E-state index in [1.807, 2.05) is 6.92 Å². The zero-order chi connectivity index (χ0) is 14.5. The molecule has 1 saturated heterocycles. The van der Waals surface area contributed by atoms with Crippen molar-refractivity contribution in [3.63, 3.8) is 0 Å². The van der Waals surface area contributed by atoms with Gasteiger partial charge in [0.25, 0.3) is 0 Å². The predicted molar refractivity (Wildman–Crippen MR) is 82.5 cm³/mol. The van der Waals surface area contributed by atoms with Crippen LogP contribution in [0.1, 0.15) is 50.3 Å². The van der Waals surface area contributed by atoms with Crippen molar-refractivity contribution in [1.29, 1.82) is 0 Å². The number of nitrogens with one attached hydrogen (secondary N) is 2. The molecule has 1 amide bonds. The largest absolute Gasteiger partial charge is 0.348 e. The second-order valence-corrected chi connectivity index (χ2v) is 5.95. The molecular formula is C17H26N2O. The summed E-state index contributed by atoms with van der Waals surface area (Å²) in [5.74, 6) is 0.818. The first-order chi connectivity index (χ1) is 9.60. The number of rotatable bonds is 4. The van der Waals surface area contributed by atoms with Crippen LogP contribution in [0.2, 0.25) is 0 Å². The number of aryl methyl sites for hydroxylation is 1. The van der Waals surface area contributed by atoms with Crippen LogP contribution in [-0.2, 0) is 4.79 Å². The summed E-state index contributed by atoms with van der Waals surface area (Å²) in [6, 6.07) is 8.38. The Kier molecular flexibility index (Phi) is 5.18. The van der Waals surface area contributed by atoms with Gasteiger partial charge in [0.15, 0.2) is 0 Å². The molecule has 1 aromatic carbocycles. The Balaban J connectivity index is 1.91. The molecule has 3 nitrogen and oxygen atoms in total. The summed E-state index contributed by atoms with van der Waals surface area (Å²) in [6.07, 6.45) is 3.32. The highest BCUT2D eigenvalue weighted by Gasteiger charge is 2.26. The third-order valence-electron chi connectivity index (χ3n) is 4.34. The summed E-state index contributed by atoms with van der Waals surface area (Å²) in [5, 5.41) is 6.47. The molecule has 2 N–H and O–H groups in total. The van der Waals surface area contributed by atoms with Gasteiger partial charge in [0.2, 0.25) is 5.91 Å². The Morgan fingerprint density at radius 2 is 2.10 bits per heavy atom. The van der Waals surface area contributed by atoms with Crippen molar-refractivity contribution >= 4 is 5.91 Å². The molecule has 1 heterocycles. The molecule has 3 unspecified atom stereocenters. The van der Waals surface area contributed by atoms with E-state index in [1.165, 1.54) is 18.4 Å². The molecule has 110 valence electrons. The average molecular weight is 274 g/mol. The predicted octanol–water partition coefficient (Wildman–Crippen LogP) is 2.95. The molecule has 0 aromatic heterocycles. The highest BCUT2D eigenvalue weighted by molar-refractivity contribution is 5.82. The lowest BCUT2D eigenvalue weighted by Crippen LogP contribution is -2.49. The molecule has 2 rings (SSSR count). The second-order valence-electron chi connectivity index (χ2n) is 5.95. The lowest BCUT2D eigenvalue weighted by atomic mass is 9.90. The monoisotopic (exact) mass is 274 g/mol. The summed E-state index contributed by atoms with van der Waals surface area (Å²) < 4.78 is 0. The quantitative estimate of drug-likeness (QED) is 0.886. The first-order valence-electron chi connectivity index (χ1n) is 7.70. The normalized spacial score (nSPS) is 24.1. The first-order valence-corrected chi connectivity index (χ1v) is 7.70. The molecule has 1 fully saturated rings. The van der Waals surface area contributed by atoms with Crippen LogP contribution in [0.5, 0.6) is 0 Å². The van der Waals surface area contributed by atoms with Crippen molar-refractivity contribution in [3.8, 4) is 0 Å². The molecule has 0 radical (unpaired) electrons. The van der Waals surface area contributed by atoms with Gasteiger partial charge in [-0.05, 0) is 44.7 Å². The van der Waals surface area contributed by atoms with Gasteiger partial charge in [-0.15, -0.1) is 0 Å². The number of benzene rings is 1. The van der Waals surface area contributed by atoms with E-state index in [4.69, 9.17) is 0 Å². The maximum Gasteiger partial charge on any atom is 0.237 e. The molecule has 1 aliphatic rings. The summed E-state index contributed by atoms with van der Waals surface area (Å²) in [6.45, 7) is 7.28. The highest BCUT2D eigenvalue weighted by atomic mass is 16.2. The van der Waals surface area contributed by atoms with E-state index in [2.05, 4.69) is 48.7 Å². The lowest BCUT2D eigenvalue weighted by Gasteiger charge is -2.29.